The third kappa shape index (κ3) is 6.52. The van der Waals surface area contributed by atoms with Crippen molar-refractivity contribution in [2.45, 2.75) is 13.3 Å². The Kier molecular flexibility index (Phi) is 7.57. The molecular weight excluding hydrogens is 352 g/mol. The first-order chi connectivity index (χ1) is 12.6. The lowest BCUT2D eigenvalue weighted by atomic mass is 10.2. The second-order valence-electron chi connectivity index (χ2n) is 5.12. The number of rotatable bonds is 9. The lowest BCUT2D eigenvalue weighted by Crippen LogP contribution is -2.09. The van der Waals surface area contributed by atoms with E-state index in [1.807, 2.05) is 24.3 Å². The molecule has 1 amide bonds. The molecule has 0 radical (unpaired) electrons. The summed E-state index contributed by atoms with van der Waals surface area (Å²) >= 11 is 1.26. The SMILES string of the molecule is C=CCOc1ccc(C=CC(=O)Nc2nc(CC(=O)OCC)cs2)cc1. The molecule has 26 heavy (non-hydrogen) atoms. The molecule has 0 saturated heterocycles. The summed E-state index contributed by atoms with van der Waals surface area (Å²) in [6.07, 6.45) is 4.89. The van der Waals surface area contributed by atoms with Crippen LogP contribution in [0.2, 0.25) is 0 Å². The third-order valence-corrected chi connectivity index (χ3v) is 3.89. The minimum absolute atomic E-state index is 0.0936. The van der Waals surface area contributed by atoms with Gasteiger partial charge in [0.2, 0.25) is 5.91 Å². The molecule has 0 aliphatic carbocycles. The third-order valence-electron chi connectivity index (χ3n) is 3.09. The largest absolute Gasteiger partial charge is 0.490 e. The van der Waals surface area contributed by atoms with Gasteiger partial charge in [-0.2, -0.15) is 0 Å². The minimum atomic E-state index is -0.337. The summed E-state index contributed by atoms with van der Waals surface area (Å²) in [6.45, 7) is 6.12. The van der Waals surface area contributed by atoms with Gasteiger partial charge in [0.1, 0.15) is 12.4 Å². The molecule has 0 fully saturated rings. The average molecular weight is 372 g/mol. The van der Waals surface area contributed by atoms with Gasteiger partial charge in [-0.25, -0.2) is 4.98 Å². The van der Waals surface area contributed by atoms with Gasteiger partial charge in [0.05, 0.1) is 18.7 Å². The lowest BCUT2D eigenvalue weighted by Gasteiger charge is -2.02. The Hall–Kier alpha value is -2.93. The number of anilines is 1. The zero-order chi connectivity index (χ0) is 18.8. The number of nitrogens with zero attached hydrogens (tertiary/aromatic N) is 1. The fourth-order valence-corrected chi connectivity index (χ4v) is 2.67. The zero-order valence-electron chi connectivity index (χ0n) is 14.4. The predicted molar refractivity (Wildman–Crippen MR) is 102 cm³/mol. The summed E-state index contributed by atoms with van der Waals surface area (Å²) in [5, 5.41) is 4.83. The van der Waals surface area contributed by atoms with Gasteiger partial charge < -0.3 is 9.47 Å². The molecule has 0 aliphatic rings. The summed E-state index contributed by atoms with van der Waals surface area (Å²) in [6, 6.07) is 7.35. The van der Waals surface area contributed by atoms with E-state index < -0.39 is 0 Å². The van der Waals surface area contributed by atoms with Crippen LogP contribution in [0.3, 0.4) is 0 Å². The van der Waals surface area contributed by atoms with E-state index in [1.165, 1.54) is 17.4 Å². The van der Waals surface area contributed by atoms with E-state index in [0.717, 1.165) is 11.3 Å². The maximum atomic E-state index is 12.0. The number of thiazole rings is 1. The first-order valence-corrected chi connectivity index (χ1v) is 8.91. The van der Waals surface area contributed by atoms with Crippen molar-refractivity contribution in [2.24, 2.45) is 0 Å². The molecule has 1 heterocycles. The number of benzene rings is 1. The van der Waals surface area contributed by atoms with Crippen molar-refractivity contribution in [2.75, 3.05) is 18.5 Å². The van der Waals surface area contributed by atoms with E-state index in [1.54, 1.807) is 24.5 Å². The number of aromatic nitrogens is 1. The van der Waals surface area contributed by atoms with Crippen molar-refractivity contribution in [1.82, 2.24) is 4.98 Å². The van der Waals surface area contributed by atoms with Crippen molar-refractivity contribution < 1.29 is 19.1 Å². The topological polar surface area (TPSA) is 77.5 Å². The Labute approximate surface area is 156 Å². The van der Waals surface area contributed by atoms with Gasteiger partial charge in [-0.15, -0.1) is 11.3 Å². The minimum Gasteiger partial charge on any atom is -0.490 e. The van der Waals surface area contributed by atoms with E-state index >= 15 is 0 Å². The molecule has 1 aromatic carbocycles. The highest BCUT2D eigenvalue weighted by molar-refractivity contribution is 7.14. The van der Waals surface area contributed by atoms with Crippen LogP contribution in [-0.4, -0.2) is 30.1 Å². The van der Waals surface area contributed by atoms with Gasteiger partial charge in [-0.3, -0.25) is 14.9 Å². The van der Waals surface area contributed by atoms with Crippen LogP contribution in [0.4, 0.5) is 5.13 Å². The molecule has 0 aliphatic heterocycles. The summed E-state index contributed by atoms with van der Waals surface area (Å²) in [4.78, 5) is 27.6. The maximum Gasteiger partial charge on any atom is 0.311 e. The molecule has 7 heteroatoms. The van der Waals surface area contributed by atoms with Crippen molar-refractivity contribution in [3.8, 4) is 5.75 Å². The molecular formula is C19H20N2O4S. The van der Waals surface area contributed by atoms with Crippen LogP contribution >= 0.6 is 11.3 Å². The molecule has 0 spiro atoms. The van der Waals surface area contributed by atoms with Gasteiger partial charge in [-0.1, -0.05) is 24.8 Å². The predicted octanol–water partition coefficient (Wildman–Crippen LogP) is 3.47. The Balaban J connectivity index is 1.86. The standard InChI is InChI=1S/C19H20N2O4S/c1-3-11-25-16-8-5-14(6-9-16)7-10-17(22)21-19-20-15(13-26-19)12-18(23)24-4-2/h3,5-10,13H,1,4,11-12H2,2H3,(H,20,21,22). The molecule has 2 rings (SSSR count). The Bertz CT molecular complexity index is 781. The highest BCUT2D eigenvalue weighted by Crippen LogP contribution is 2.17. The molecule has 0 unspecified atom stereocenters. The monoisotopic (exact) mass is 372 g/mol. The molecule has 1 aromatic heterocycles. The van der Waals surface area contributed by atoms with E-state index in [9.17, 15) is 9.59 Å². The summed E-state index contributed by atoms with van der Waals surface area (Å²) in [5.41, 5.74) is 1.44. The summed E-state index contributed by atoms with van der Waals surface area (Å²) in [5.74, 6) is 0.105. The van der Waals surface area contributed by atoms with Crippen molar-refractivity contribution >= 4 is 34.4 Å². The van der Waals surface area contributed by atoms with E-state index in [2.05, 4.69) is 16.9 Å². The lowest BCUT2D eigenvalue weighted by molar-refractivity contribution is -0.142. The fraction of sp³-hybridized carbons (Fsp3) is 0.211. The number of hydrogen-bond donors (Lipinski definition) is 1. The Morgan fingerprint density at radius 2 is 2.08 bits per heavy atom. The van der Waals surface area contributed by atoms with Crippen LogP contribution in [0.1, 0.15) is 18.2 Å². The molecule has 0 atom stereocenters. The fourth-order valence-electron chi connectivity index (χ4n) is 1.95. The number of nitrogens with one attached hydrogen (secondary N) is 1. The zero-order valence-corrected chi connectivity index (χ0v) is 15.3. The van der Waals surface area contributed by atoms with Crippen molar-refractivity contribution in [3.05, 3.63) is 59.6 Å². The van der Waals surface area contributed by atoms with Crippen LogP contribution in [0.15, 0.2) is 48.4 Å². The van der Waals surface area contributed by atoms with Crippen LogP contribution in [0.25, 0.3) is 6.08 Å². The number of amides is 1. The van der Waals surface area contributed by atoms with Crippen molar-refractivity contribution in [3.63, 3.8) is 0 Å². The number of carbonyl (C=O) groups is 2. The Morgan fingerprint density at radius 3 is 2.77 bits per heavy atom. The second-order valence-corrected chi connectivity index (χ2v) is 5.98. The molecule has 136 valence electrons. The molecule has 0 bridgehead atoms. The quantitative estimate of drug-likeness (QED) is 0.414. The van der Waals surface area contributed by atoms with E-state index in [0.29, 0.717) is 24.0 Å². The van der Waals surface area contributed by atoms with Crippen molar-refractivity contribution in [1.29, 1.82) is 0 Å². The van der Waals surface area contributed by atoms with Crippen LogP contribution in [0.5, 0.6) is 5.75 Å². The second kappa shape index (κ2) is 10.1. The van der Waals surface area contributed by atoms with Crippen LogP contribution < -0.4 is 10.1 Å². The highest BCUT2D eigenvalue weighted by atomic mass is 32.1. The number of ether oxygens (including phenoxy) is 2. The maximum absolute atomic E-state index is 12.0. The van der Waals surface area contributed by atoms with Gasteiger partial charge in [-0.05, 0) is 30.7 Å². The van der Waals surface area contributed by atoms with Gasteiger partial charge in [0, 0.05) is 11.5 Å². The van der Waals surface area contributed by atoms with Crippen LogP contribution in [-0.2, 0) is 20.7 Å². The van der Waals surface area contributed by atoms with E-state index in [-0.39, 0.29) is 18.3 Å². The molecule has 1 N–H and O–H groups in total. The van der Waals surface area contributed by atoms with Gasteiger partial charge in [0.25, 0.3) is 0 Å². The first kappa shape index (κ1) is 19.4. The number of esters is 1. The average Bonchev–Trinajstić information content (AvgIpc) is 3.06. The summed E-state index contributed by atoms with van der Waals surface area (Å²) in [7, 11) is 0. The number of carbonyl (C=O) groups excluding carboxylic acids is 2. The molecule has 0 saturated carbocycles. The van der Waals surface area contributed by atoms with Gasteiger partial charge in [0.15, 0.2) is 5.13 Å². The summed E-state index contributed by atoms with van der Waals surface area (Å²) < 4.78 is 10.3. The highest BCUT2D eigenvalue weighted by Gasteiger charge is 2.09. The number of hydrogen-bond acceptors (Lipinski definition) is 6. The van der Waals surface area contributed by atoms with Gasteiger partial charge >= 0.3 is 5.97 Å². The van der Waals surface area contributed by atoms with E-state index in [4.69, 9.17) is 9.47 Å². The normalized spacial score (nSPS) is 10.5. The molecule has 2 aromatic rings. The first-order valence-electron chi connectivity index (χ1n) is 8.03. The van der Waals surface area contributed by atoms with Crippen LogP contribution in [0, 0.1) is 0 Å². The molecule has 6 nitrogen and oxygen atoms in total. The smallest absolute Gasteiger partial charge is 0.311 e. The Morgan fingerprint density at radius 1 is 1.31 bits per heavy atom.